The zero-order valence-electron chi connectivity index (χ0n) is 16.0. The zero-order valence-corrected chi connectivity index (χ0v) is 16.0. The lowest BCUT2D eigenvalue weighted by molar-refractivity contribution is -0.140. The molecule has 2 aliphatic heterocycles. The summed E-state index contributed by atoms with van der Waals surface area (Å²) in [6.07, 6.45) is -4.31. The number of nitrogens with one attached hydrogen (secondary N) is 1. The Balaban J connectivity index is 1.52. The minimum absolute atomic E-state index is 0.168. The predicted molar refractivity (Wildman–Crippen MR) is 100 cm³/mol. The van der Waals surface area contributed by atoms with Crippen LogP contribution in [0.2, 0.25) is 0 Å². The van der Waals surface area contributed by atoms with E-state index in [1.165, 1.54) is 12.1 Å². The van der Waals surface area contributed by atoms with Gasteiger partial charge in [0, 0.05) is 18.2 Å². The van der Waals surface area contributed by atoms with Crippen LogP contribution < -0.4 is 20.5 Å². The van der Waals surface area contributed by atoms with Gasteiger partial charge in [0.25, 0.3) is 5.91 Å². The molecular weight excluding hydrogens is 420 g/mol. The number of halogens is 2. The molecule has 0 radical (unpaired) electrons. The summed E-state index contributed by atoms with van der Waals surface area (Å²) in [6.45, 7) is 0.0925. The van der Waals surface area contributed by atoms with Crippen LogP contribution in [0, 0.1) is 0 Å². The van der Waals surface area contributed by atoms with Crippen LogP contribution in [-0.4, -0.2) is 63.6 Å². The van der Waals surface area contributed by atoms with Gasteiger partial charge in [0.05, 0.1) is 19.8 Å². The quantitative estimate of drug-likeness (QED) is 0.629. The van der Waals surface area contributed by atoms with Gasteiger partial charge in [0.15, 0.2) is 17.6 Å². The Morgan fingerprint density at radius 2 is 2.00 bits per heavy atom. The molecule has 1 aromatic carbocycles. The third-order valence-electron chi connectivity index (χ3n) is 4.89. The fourth-order valence-electron chi connectivity index (χ4n) is 3.27. The number of amides is 1. The molecule has 166 valence electrons. The number of aliphatic hydroxyl groups is 2. The maximum absolute atomic E-state index is 14.2. The number of hydrogen-bond acceptors (Lipinski definition) is 8. The van der Waals surface area contributed by atoms with Gasteiger partial charge in [-0.1, -0.05) is 0 Å². The third-order valence-corrected chi connectivity index (χ3v) is 4.89. The van der Waals surface area contributed by atoms with Crippen molar-refractivity contribution in [2.45, 2.75) is 30.8 Å². The maximum Gasteiger partial charge on any atom is 0.351 e. The number of aromatic nitrogens is 2. The number of fused-ring (bicyclic) bond motifs is 1. The Morgan fingerprint density at radius 3 is 2.68 bits per heavy atom. The zero-order chi connectivity index (χ0) is 22.2. The molecule has 2 aliphatic rings. The monoisotopic (exact) mass is 439 g/mol. The number of ether oxygens (including phenoxy) is 3. The van der Waals surface area contributed by atoms with Gasteiger partial charge in [-0.25, -0.2) is 4.79 Å². The van der Waals surface area contributed by atoms with E-state index in [1.54, 1.807) is 6.07 Å². The highest BCUT2D eigenvalue weighted by Crippen LogP contribution is 2.42. The molecule has 2 aromatic rings. The van der Waals surface area contributed by atoms with Gasteiger partial charge in [0.1, 0.15) is 11.9 Å². The van der Waals surface area contributed by atoms with Gasteiger partial charge in [-0.05, 0) is 24.3 Å². The minimum atomic E-state index is -3.83. The largest absolute Gasteiger partial charge is 0.490 e. The summed E-state index contributed by atoms with van der Waals surface area (Å²) in [5.74, 6) is -3.67. The Labute approximate surface area is 174 Å². The second-order valence-corrected chi connectivity index (χ2v) is 7.00. The van der Waals surface area contributed by atoms with Crippen molar-refractivity contribution in [2.75, 3.05) is 25.1 Å². The average molecular weight is 439 g/mol. The highest BCUT2D eigenvalue weighted by atomic mass is 19.3. The Hall–Kier alpha value is -3.09. The summed E-state index contributed by atoms with van der Waals surface area (Å²) < 4.78 is 44.9. The van der Waals surface area contributed by atoms with Crippen molar-refractivity contribution < 1.29 is 38.0 Å². The van der Waals surface area contributed by atoms with E-state index in [0.717, 1.165) is 12.3 Å². The smallest absolute Gasteiger partial charge is 0.351 e. The van der Waals surface area contributed by atoms with E-state index in [0.29, 0.717) is 35.7 Å². The van der Waals surface area contributed by atoms with Crippen LogP contribution in [0.5, 0.6) is 11.5 Å². The molecule has 3 N–H and O–H groups in total. The number of carbonyl (C=O) groups is 1. The first-order valence-electron chi connectivity index (χ1n) is 9.43. The van der Waals surface area contributed by atoms with Gasteiger partial charge >= 0.3 is 11.6 Å². The van der Waals surface area contributed by atoms with Crippen LogP contribution in [0.1, 0.15) is 23.0 Å². The third kappa shape index (κ3) is 3.96. The molecule has 0 aliphatic carbocycles. The number of alkyl halides is 2. The number of benzene rings is 1. The summed E-state index contributed by atoms with van der Waals surface area (Å²) in [5.41, 5.74) is -0.915. The molecule has 4 rings (SSSR count). The van der Waals surface area contributed by atoms with E-state index in [4.69, 9.17) is 19.3 Å². The number of rotatable bonds is 4. The first-order valence-corrected chi connectivity index (χ1v) is 9.43. The van der Waals surface area contributed by atoms with Gasteiger partial charge in [-0.15, -0.1) is 0 Å². The summed E-state index contributed by atoms with van der Waals surface area (Å²) in [5, 5.41) is 21.1. The van der Waals surface area contributed by atoms with Crippen molar-refractivity contribution in [3.63, 3.8) is 0 Å². The summed E-state index contributed by atoms with van der Waals surface area (Å²) >= 11 is 0. The van der Waals surface area contributed by atoms with Crippen LogP contribution in [0.25, 0.3) is 0 Å². The Bertz CT molecular complexity index is 1050. The standard InChI is InChI=1S/C19H19F2N3O7/c20-19(21)15(26)13(9-25)31-17(19)24-5-4-14(23-18(24)28)22-16(27)10-2-3-11-12(8-10)30-7-1-6-29-11/h2-5,8,13,15,17,25-26H,1,6-7,9H2,(H,22,23,27,28)/t13-,15?,17-/m1/s1. The second-order valence-electron chi connectivity index (χ2n) is 7.00. The van der Waals surface area contributed by atoms with Gasteiger partial charge < -0.3 is 29.7 Å². The Kier molecular flexibility index (Phi) is 5.60. The van der Waals surface area contributed by atoms with Crippen molar-refractivity contribution in [3.8, 4) is 11.5 Å². The molecule has 1 unspecified atom stereocenters. The van der Waals surface area contributed by atoms with Crippen molar-refractivity contribution in [2.24, 2.45) is 0 Å². The molecule has 0 spiro atoms. The molecular formula is C19H19F2N3O7. The van der Waals surface area contributed by atoms with E-state index < -0.39 is 42.6 Å². The van der Waals surface area contributed by atoms with Gasteiger partial charge in [0.2, 0.25) is 6.23 Å². The molecule has 1 saturated heterocycles. The number of hydrogen-bond donors (Lipinski definition) is 3. The van der Waals surface area contributed by atoms with Crippen LogP contribution in [0.4, 0.5) is 14.6 Å². The number of carbonyl (C=O) groups excluding carboxylic acids is 1. The fourth-order valence-corrected chi connectivity index (χ4v) is 3.27. The fraction of sp³-hybridized carbons (Fsp3) is 0.421. The number of aliphatic hydroxyl groups excluding tert-OH is 2. The van der Waals surface area contributed by atoms with E-state index in [1.807, 2.05) is 0 Å². The summed E-state index contributed by atoms with van der Waals surface area (Å²) in [7, 11) is 0. The lowest BCUT2D eigenvalue weighted by Gasteiger charge is -2.21. The van der Waals surface area contributed by atoms with Crippen LogP contribution >= 0.6 is 0 Å². The van der Waals surface area contributed by atoms with Crippen molar-refractivity contribution in [1.82, 2.24) is 9.55 Å². The normalized spacial score (nSPS) is 24.5. The van der Waals surface area contributed by atoms with E-state index in [2.05, 4.69) is 10.3 Å². The van der Waals surface area contributed by atoms with Gasteiger partial charge in [-0.2, -0.15) is 13.8 Å². The molecule has 3 heterocycles. The molecule has 12 heteroatoms. The Morgan fingerprint density at radius 1 is 1.26 bits per heavy atom. The van der Waals surface area contributed by atoms with Crippen LogP contribution in [-0.2, 0) is 4.74 Å². The molecule has 0 saturated carbocycles. The molecule has 1 fully saturated rings. The molecule has 1 amide bonds. The molecule has 10 nitrogen and oxygen atoms in total. The minimum Gasteiger partial charge on any atom is -0.490 e. The van der Waals surface area contributed by atoms with Crippen LogP contribution in [0.15, 0.2) is 35.3 Å². The summed E-state index contributed by atoms with van der Waals surface area (Å²) in [6, 6.07) is 5.72. The molecule has 1 aromatic heterocycles. The number of nitrogens with zero attached hydrogens (tertiary/aromatic N) is 2. The van der Waals surface area contributed by atoms with E-state index in [9.17, 15) is 23.5 Å². The highest BCUT2D eigenvalue weighted by Gasteiger charge is 2.59. The van der Waals surface area contributed by atoms with Crippen molar-refractivity contribution in [3.05, 3.63) is 46.5 Å². The SMILES string of the molecule is O=C(Nc1ccn([C@@H]2O[C@H](CO)C(O)C2(F)F)c(=O)n1)c1ccc2c(c1)OCCCO2. The van der Waals surface area contributed by atoms with Crippen molar-refractivity contribution in [1.29, 1.82) is 0 Å². The van der Waals surface area contributed by atoms with Gasteiger partial charge in [-0.3, -0.25) is 9.36 Å². The highest BCUT2D eigenvalue weighted by molar-refractivity contribution is 6.04. The first kappa shape index (κ1) is 21.2. The lowest BCUT2D eigenvalue weighted by Crippen LogP contribution is -2.41. The summed E-state index contributed by atoms with van der Waals surface area (Å²) in [4.78, 5) is 28.4. The topological polar surface area (TPSA) is 132 Å². The van der Waals surface area contributed by atoms with Crippen LogP contribution in [0.3, 0.4) is 0 Å². The average Bonchev–Trinajstić information content (AvgIpc) is 2.90. The van der Waals surface area contributed by atoms with E-state index in [-0.39, 0.29) is 11.4 Å². The number of anilines is 1. The molecule has 0 bridgehead atoms. The molecule has 31 heavy (non-hydrogen) atoms. The van der Waals surface area contributed by atoms with Crippen molar-refractivity contribution >= 4 is 11.7 Å². The predicted octanol–water partition coefficient (Wildman–Crippen LogP) is 0.543. The lowest BCUT2D eigenvalue weighted by atomic mass is 10.1. The maximum atomic E-state index is 14.2. The first-order chi connectivity index (χ1) is 14.8. The molecule has 3 atom stereocenters. The van der Waals surface area contributed by atoms with E-state index >= 15 is 0 Å². The second kappa shape index (κ2) is 8.21.